The molecule has 0 unspecified atom stereocenters. The summed E-state index contributed by atoms with van der Waals surface area (Å²) in [5.74, 6) is 0. The van der Waals surface area contributed by atoms with Gasteiger partial charge in [0.1, 0.15) is 11.2 Å². The third-order valence-corrected chi connectivity index (χ3v) is 12.7. The maximum absolute atomic E-state index is 6.82. The molecule has 3 heteroatoms. The normalized spacial score (nSPS) is 13.1. The van der Waals surface area contributed by atoms with Gasteiger partial charge in [0.15, 0.2) is 0 Å². The first-order valence-corrected chi connectivity index (χ1v) is 19.4. The molecule has 2 nitrogen and oxygen atoms in total. The Balaban J connectivity index is 1.14. The van der Waals surface area contributed by atoms with Crippen LogP contribution in [-0.4, -0.2) is 0 Å². The second kappa shape index (κ2) is 11.8. The van der Waals surface area contributed by atoms with Gasteiger partial charge in [0.05, 0.1) is 10.4 Å². The van der Waals surface area contributed by atoms with Crippen LogP contribution in [0, 0.1) is 0 Å². The van der Waals surface area contributed by atoms with Gasteiger partial charge in [-0.25, -0.2) is 0 Å². The number of fused-ring (bicyclic) bond motifs is 9. The van der Waals surface area contributed by atoms with Gasteiger partial charge >= 0.3 is 0 Å². The summed E-state index contributed by atoms with van der Waals surface area (Å²) in [7, 11) is 0. The molecule has 0 saturated heterocycles. The highest BCUT2D eigenvalue weighted by Crippen LogP contribution is 2.54. The van der Waals surface area contributed by atoms with Crippen LogP contribution in [0.1, 0.15) is 25.0 Å². The molecule has 0 atom stereocenters. The molecule has 11 rings (SSSR count). The monoisotopic (exact) mass is 709 g/mol. The SMILES string of the molecule is CC1(C)c2cc(N(c3ccc4c(c3)oc3c(-c5ccccc5)cccc34)c3cccc4c3sc3ccccc34)ccc2-c2c(-c3ccccc3)cccc21. The molecule has 1 aliphatic rings. The highest BCUT2D eigenvalue weighted by Gasteiger charge is 2.37. The summed E-state index contributed by atoms with van der Waals surface area (Å²) >= 11 is 1.86. The lowest BCUT2D eigenvalue weighted by molar-refractivity contribution is 0.660. The van der Waals surface area contributed by atoms with Crippen molar-refractivity contribution in [1.82, 2.24) is 0 Å². The van der Waals surface area contributed by atoms with E-state index in [4.69, 9.17) is 4.42 Å². The van der Waals surface area contributed by atoms with Crippen molar-refractivity contribution < 1.29 is 4.42 Å². The van der Waals surface area contributed by atoms with E-state index < -0.39 is 0 Å². The van der Waals surface area contributed by atoms with Crippen LogP contribution in [0.3, 0.4) is 0 Å². The van der Waals surface area contributed by atoms with Gasteiger partial charge in [-0.3, -0.25) is 0 Å². The van der Waals surface area contributed by atoms with E-state index in [-0.39, 0.29) is 5.41 Å². The van der Waals surface area contributed by atoms with Gasteiger partial charge in [0.2, 0.25) is 0 Å². The number of anilines is 3. The number of hydrogen-bond donors (Lipinski definition) is 0. The van der Waals surface area contributed by atoms with Crippen molar-refractivity contribution in [2.75, 3.05) is 4.90 Å². The fourth-order valence-corrected chi connectivity index (χ4v) is 10.1. The fraction of sp³-hybridized carbons (Fsp3) is 0.0588. The first-order chi connectivity index (χ1) is 26.5. The number of benzene rings is 8. The zero-order valence-electron chi connectivity index (χ0n) is 30.0. The minimum absolute atomic E-state index is 0.183. The van der Waals surface area contributed by atoms with Gasteiger partial charge in [0.25, 0.3) is 0 Å². The maximum atomic E-state index is 6.82. The molecule has 0 fully saturated rings. The fourth-order valence-electron chi connectivity index (χ4n) is 8.88. The van der Waals surface area contributed by atoms with Crippen LogP contribution in [0.4, 0.5) is 17.1 Å². The molecule has 0 saturated carbocycles. The highest BCUT2D eigenvalue weighted by atomic mass is 32.1. The number of nitrogens with zero attached hydrogens (tertiary/aromatic N) is 1. The molecule has 10 aromatic rings. The van der Waals surface area contributed by atoms with Crippen LogP contribution in [-0.2, 0) is 5.41 Å². The lowest BCUT2D eigenvalue weighted by Crippen LogP contribution is -2.16. The second-order valence-corrected chi connectivity index (χ2v) is 15.9. The number of rotatable bonds is 5. The average molecular weight is 710 g/mol. The van der Waals surface area contributed by atoms with Crippen LogP contribution in [0.25, 0.3) is 75.5 Å². The summed E-state index contributed by atoms with van der Waals surface area (Å²) in [6, 6.07) is 63.9. The minimum Gasteiger partial charge on any atom is -0.455 e. The van der Waals surface area contributed by atoms with E-state index in [0.717, 1.165) is 50.1 Å². The summed E-state index contributed by atoms with van der Waals surface area (Å²) in [6.45, 7) is 4.75. The molecular formula is C51H35NOS. The van der Waals surface area contributed by atoms with Crippen molar-refractivity contribution in [2.45, 2.75) is 19.3 Å². The van der Waals surface area contributed by atoms with Crippen LogP contribution < -0.4 is 4.90 Å². The summed E-state index contributed by atoms with van der Waals surface area (Å²) < 4.78 is 9.38. The number of hydrogen-bond acceptors (Lipinski definition) is 3. The first kappa shape index (κ1) is 31.1. The van der Waals surface area contributed by atoms with Crippen molar-refractivity contribution in [3.8, 4) is 33.4 Å². The topological polar surface area (TPSA) is 16.4 Å². The lowest BCUT2D eigenvalue weighted by atomic mass is 9.81. The number of para-hydroxylation sites is 1. The summed E-state index contributed by atoms with van der Waals surface area (Å²) in [4.78, 5) is 2.44. The molecule has 1 aliphatic carbocycles. The smallest absolute Gasteiger partial charge is 0.143 e. The van der Waals surface area contributed by atoms with Gasteiger partial charge < -0.3 is 9.32 Å². The van der Waals surface area contributed by atoms with Crippen LogP contribution in [0.15, 0.2) is 180 Å². The van der Waals surface area contributed by atoms with Gasteiger partial charge in [-0.05, 0) is 75.3 Å². The Morgan fingerprint density at radius 1 is 0.481 bits per heavy atom. The molecule has 0 amide bonds. The molecule has 256 valence electrons. The van der Waals surface area contributed by atoms with E-state index in [0.29, 0.717) is 0 Å². The molecule has 2 heterocycles. The van der Waals surface area contributed by atoms with Crippen molar-refractivity contribution in [1.29, 1.82) is 0 Å². The van der Waals surface area contributed by atoms with E-state index in [1.165, 1.54) is 53.6 Å². The van der Waals surface area contributed by atoms with E-state index in [1.54, 1.807) is 0 Å². The van der Waals surface area contributed by atoms with E-state index >= 15 is 0 Å². The first-order valence-electron chi connectivity index (χ1n) is 18.6. The third-order valence-electron chi connectivity index (χ3n) is 11.5. The van der Waals surface area contributed by atoms with Crippen molar-refractivity contribution in [3.05, 3.63) is 187 Å². The van der Waals surface area contributed by atoms with Gasteiger partial charge in [0, 0.05) is 54.7 Å². The Morgan fingerprint density at radius 2 is 1.13 bits per heavy atom. The average Bonchev–Trinajstić information content (AvgIpc) is 3.86. The van der Waals surface area contributed by atoms with Crippen LogP contribution in [0.5, 0.6) is 0 Å². The summed E-state index contributed by atoms with van der Waals surface area (Å²) in [5.41, 5.74) is 15.1. The molecule has 0 spiro atoms. The Kier molecular flexibility index (Phi) is 6.80. The zero-order chi connectivity index (χ0) is 36.0. The Labute approximate surface area is 318 Å². The summed E-state index contributed by atoms with van der Waals surface area (Å²) in [6.07, 6.45) is 0. The Hall–Kier alpha value is -6.42. The third kappa shape index (κ3) is 4.58. The predicted molar refractivity (Wildman–Crippen MR) is 230 cm³/mol. The van der Waals surface area contributed by atoms with E-state index in [2.05, 4.69) is 195 Å². The molecule has 0 aliphatic heterocycles. The Bertz CT molecular complexity index is 3080. The van der Waals surface area contributed by atoms with Crippen LogP contribution >= 0.6 is 11.3 Å². The van der Waals surface area contributed by atoms with Crippen molar-refractivity contribution >= 4 is 70.5 Å². The maximum Gasteiger partial charge on any atom is 0.143 e. The number of thiophene rings is 1. The number of furan rings is 1. The molecule has 54 heavy (non-hydrogen) atoms. The lowest BCUT2D eigenvalue weighted by Gasteiger charge is -2.28. The quantitative estimate of drug-likeness (QED) is 0.177. The largest absolute Gasteiger partial charge is 0.455 e. The van der Waals surface area contributed by atoms with Gasteiger partial charge in [-0.1, -0.05) is 147 Å². The molecular weight excluding hydrogens is 675 g/mol. The highest BCUT2D eigenvalue weighted by molar-refractivity contribution is 7.26. The standard InChI is InChI=1S/C51H35NOS/c1-51(2)43-23-12-19-36(32-14-5-3-6-15-32)48(43)42-29-27-34(30-44(42)51)52(45-24-13-22-41-39-18-9-10-25-47(39)54-50(41)45)35-26-28-38-40-21-11-20-37(33-16-7-4-8-17-33)49(40)53-46(38)31-35/h3-31H,1-2H3. The second-order valence-electron chi connectivity index (χ2n) is 14.9. The summed E-state index contributed by atoms with van der Waals surface area (Å²) in [5, 5.41) is 4.81. The van der Waals surface area contributed by atoms with Gasteiger partial charge in [-0.15, -0.1) is 11.3 Å². The molecule has 0 bridgehead atoms. The molecule has 8 aromatic carbocycles. The molecule has 0 N–H and O–H groups in total. The van der Waals surface area contributed by atoms with Crippen molar-refractivity contribution in [3.63, 3.8) is 0 Å². The molecule has 2 aromatic heterocycles. The van der Waals surface area contributed by atoms with E-state index in [1.807, 2.05) is 11.3 Å². The minimum atomic E-state index is -0.183. The van der Waals surface area contributed by atoms with E-state index in [9.17, 15) is 0 Å². The predicted octanol–water partition coefficient (Wildman–Crippen LogP) is 15.1. The van der Waals surface area contributed by atoms with Crippen LogP contribution in [0.2, 0.25) is 0 Å². The Morgan fingerprint density at radius 3 is 1.96 bits per heavy atom. The van der Waals surface area contributed by atoms with Crippen molar-refractivity contribution in [2.24, 2.45) is 0 Å². The molecule has 0 radical (unpaired) electrons. The zero-order valence-corrected chi connectivity index (χ0v) is 30.8. The van der Waals surface area contributed by atoms with Gasteiger partial charge in [-0.2, -0.15) is 0 Å².